The van der Waals surface area contributed by atoms with E-state index in [9.17, 15) is 4.79 Å². The standard InChI is InChI=1S/C14H15Cl2N3OS/c1-2-5-17-13(20)11-6-9(3-4-12(11)15)18-7-10-8-19-14(16)21-10/h3-4,6,8,18H,2,5,7H2,1H3,(H,17,20). The molecule has 2 aromatic rings. The van der Waals surface area contributed by atoms with Crippen LogP contribution in [0.2, 0.25) is 9.49 Å². The largest absolute Gasteiger partial charge is 0.380 e. The summed E-state index contributed by atoms with van der Waals surface area (Å²) >= 11 is 13.3. The van der Waals surface area contributed by atoms with Crippen molar-refractivity contribution in [3.8, 4) is 0 Å². The van der Waals surface area contributed by atoms with Gasteiger partial charge in [-0.05, 0) is 24.6 Å². The van der Waals surface area contributed by atoms with Crippen LogP contribution < -0.4 is 10.6 Å². The van der Waals surface area contributed by atoms with Crippen molar-refractivity contribution in [1.82, 2.24) is 10.3 Å². The van der Waals surface area contributed by atoms with E-state index in [0.29, 0.717) is 28.1 Å². The summed E-state index contributed by atoms with van der Waals surface area (Å²) in [5, 5.41) is 6.48. The Labute approximate surface area is 137 Å². The highest BCUT2D eigenvalue weighted by atomic mass is 35.5. The summed E-state index contributed by atoms with van der Waals surface area (Å²) in [4.78, 5) is 17.0. The lowest BCUT2D eigenvalue weighted by Gasteiger charge is -2.09. The van der Waals surface area contributed by atoms with Crippen LogP contribution in [0.1, 0.15) is 28.6 Å². The number of carbonyl (C=O) groups excluding carboxylic acids is 1. The van der Waals surface area contributed by atoms with Crippen molar-refractivity contribution in [3.63, 3.8) is 0 Å². The van der Waals surface area contributed by atoms with Crippen molar-refractivity contribution < 1.29 is 4.79 Å². The SMILES string of the molecule is CCCNC(=O)c1cc(NCc2cnc(Cl)s2)ccc1Cl. The van der Waals surface area contributed by atoms with Crippen LogP contribution in [0.3, 0.4) is 0 Å². The van der Waals surface area contributed by atoms with E-state index in [0.717, 1.165) is 17.0 Å². The van der Waals surface area contributed by atoms with Gasteiger partial charge in [0.15, 0.2) is 4.47 Å². The lowest BCUT2D eigenvalue weighted by atomic mass is 10.2. The molecule has 0 radical (unpaired) electrons. The van der Waals surface area contributed by atoms with E-state index in [4.69, 9.17) is 23.2 Å². The third kappa shape index (κ3) is 4.59. The first kappa shape index (κ1) is 16.1. The Morgan fingerprint density at radius 3 is 2.86 bits per heavy atom. The molecule has 0 saturated carbocycles. The first-order chi connectivity index (χ1) is 10.1. The Bertz CT molecular complexity index is 630. The second kappa shape index (κ2) is 7.64. The molecule has 21 heavy (non-hydrogen) atoms. The third-order valence-electron chi connectivity index (χ3n) is 2.74. The van der Waals surface area contributed by atoms with Gasteiger partial charge >= 0.3 is 0 Å². The van der Waals surface area contributed by atoms with Gasteiger partial charge in [0, 0.05) is 23.3 Å². The topological polar surface area (TPSA) is 54.0 Å². The Hall–Kier alpha value is -1.30. The molecular formula is C14H15Cl2N3OS. The van der Waals surface area contributed by atoms with E-state index in [1.54, 1.807) is 18.3 Å². The van der Waals surface area contributed by atoms with Crippen molar-refractivity contribution in [2.75, 3.05) is 11.9 Å². The van der Waals surface area contributed by atoms with Crippen LogP contribution in [0.5, 0.6) is 0 Å². The zero-order valence-electron chi connectivity index (χ0n) is 11.5. The number of thiazole rings is 1. The number of hydrogen-bond donors (Lipinski definition) is 2. The quantitative estimate of drug-likeness (QED) is 0.826. The van der Waals surface area contributed by atoms with E-state index in [1.807, 2.05) is 13.0 Å². The molecule has 7 heteroatoms. The number of benzene rings is 1. The van der Waals surface area contributed by atoms with Crippen molar-refractivity contribution in [2.24, 2.45) is 0 Å². The molecule has 2 rings (SSSR count). The van der Waals surface area contributed by atoms with E-state index in [1.165, 1.54) is 11.3 Å². The number of carbonyl (C=O) groups is 1. The molecule has 4 nitrogen and oxygen atoms in total. The fourth-order valence-electron chi connectivity index (χ4n) is 1.70. The Morgan fingerprint density at radius 1 is 1.38 bits per heavy atom. The third-order valence-corrected chi connectivity index (χ3v) is 4.18. The van der Waals surface area contributed by atoms with E-state index in [-0.39, 0.29) is 5.91 Å². The number of nitrogens with zero attached hydrogens (tertiary/aromatic N) is 1. The number of nitrogens with one attached hydrogen (secondary N) is 2. The number of anilines is 1. The van der Waals surface area contributed by atoms with Crippen LogP contribution in [-0.4, -0.2) is 17.4 Å². The molecule has 1 amide bonds. The number of hydrogen-bond acceptors (Lipinski definition) is 4. The fourth-order valence-corrected chi connectivity index (χ4v) is 2.82. The lowest BCUT2D eigenvalue weighted by Crippen LogP contribution is -2.24. The Balaban J connectivity index is 2.05. The van der Waals surface area contributed by atoms with Crippen LogP contribution in [0, 0.1) is 0 Å². The second-order valence-electron chi connectivity index (χ2n) is 4.38. The summed E-state index contributed by atoms with van der Waals surface area (Å²) in [5.74, 6) is -0.161. The van der Waals surface area contributed by atoms with Crippen molar-refractivity contribution in [2.45, 2.75) is 19.9 Å². The van der Waals surface area contributed by atoms with Gasteiger partial charge in [0.05, 0.1) is 17.1 Å². The van der Waals surface area contributed by atoms with Crippen molar-refractivity contribution >= 4 is 46.1 Å². The molecule has 0 fully saturated rings. The molecule has 0 spiro atoms. The highest BCUT2D eigenvalue weighted by Crippen LogP contribution is 2.23. The highest BCUT2D eigenvalue weighted by Gasteiger charge is 2.10. The minimum atomic E-state index is -0.161. The predicted octanol–water partition coefficient (Wildman–Crippen LogP) is 4.20. The number of aromatic nitrogens is 1. The minimum absolute atomic E-state index is 0.161. The van der Waals surface area contributed by atoms with Gasteiger partial charge in [-0.25, -0.2) is 4.98 Å². The molecule has 1 aromatic carbocycles. The zero-order valence-corrected chi connectivity index (χ0v) is 13.8. The van der Waals surface area contributed by atoms with Crippen molar-refractivity contribution in [1.29, 1.82) is 0 Å². The summed E-state index contributed by atoms with van der Waals surface area (Å²) in [6, 6.07) is 5.29. The van der Waals surface area contributed by atoms with E-state index in [2.05, 4.69) is 15.6 Å². The Kier molecular flexibility index (Phi) is 5.85. The van der Waals surface area contributed by atoms with Crippen LogP contribution in [-0.2, 0) is 6.54 Å². The second-order valence-corrected chi connectivity index (χ2v) is 6.49. The van der Waals surface area contributed by atoms with E-state index < -0.39 is 0 Å². The average Bonchev–Trinajstić information content (AvgIpc) is 2.89. The predicted molar refractivity (Wildman–Crippen MR) is 88.5 cm³/mol. The van der Waals surface area contributed by atoms with Crippen molar-refractivity contribution in [3.05, 3.63) is 44.3 Å². The van der Waals surface area contributed by atoms with Gasteiger partial charge in [-0.1, -0.05) is 30.1 Å². The van der Waals surface area contributed by atoms with Gasteiger partial charge in [0.1, 0.15) is 0 Å². The molecule has 112 valence electrons. The van der Waals surface area contributed by atoms with Gasteiger partial charge < -0.3 is 10.6 Å². The monoisotopic (exact) mass is 343 g/mol. The molecule has 0 aliphatic carbocycles. The summed E-state index contributed by atoms with van der Waals surface area (Å²) in [6.07, 6.45) is 2.61. The fraction of sp³-hybridized carbons (Fsp3) is 0.286. The number of rotatable bonds is 6. The van der Waals surface area contributed by atoms with E-state index >= 15 is 0 Å². The lowest BCUT2D eigenvalue weighted by molar-refractivity contribution is 0.0954. The first-order valence-electron chi connectivity index (χ1n) is 6.52. The maximum Gasteiger partial charge on any atom is 0.252 e. The van der Waals surface area contributed by atoms with Gasteiger partial charge in [0.25, 0.3) is 5.91 Å². The van der Waals surface area contributed by atoms with Crippen LogP contribution in [0.4, 0.5) is 5.69 Å². The average molecular weight is 344 g/mol. The molecule has 1 heterocycles. The highest BCUT2D eigenvalue weighted by molar-refractivity contribution is 7.15. The maximum atomic E-state index is 12.0. The molecule has 0 atom stereocenters. The first-order valence-corrected chi connectivity index (χ1v) is 8.09. The molecular weight excluding hydrogens is 329 g/mol. The van der Waals surface area contributed by atoms with Crippen LogP contribution >= 0.6 is 34.5 Å². The van der Waals surface area contributed by atoms with Crippen LogP contribution in [0.15, 0.2) is 24.4 Å². The molecule has 0 unspecified atom stereocenters. The van der Waals surface area contributed by atoms with Gasteiger partial charge in [-0.15, -0.1) is 11.3 Å². The smallest absolute Gasteiger partial charge is 0.252 e. The summed E-state index contributed by atoms with van der Waals surface area (Å²) < 4.78 is 0.516. The normalized spacial score (nSPS) is 10.4. The van der Waals surface area contributed by atoms with Gasteiger partial charge in [-0.3, -0.25) is 4.79 Å². The molecule has 0 aliphatic rings. The van der Waals surface area contributed by atoms with Crippen LogP contribution in [0.25, 0.3) is 0 Å². The summed E-state index contributed by atoms with van der Waals surface area (Å²) in [6.45, 7) is 3.23. The molecule has 0 saturated heterocycles. The number of amides is 1. The number of halogens is 2. The Morgan fingerprint density at radius 2 is 2.19 bits per heavy atom. The zero-order chi connectivity index (χ0) is 15.2. The summed E-state index contributed by atoms with van der Waals surface area (Å²) in [7, 11) is 0. The minimum Gasteiger partial charge on any atom is -0.380 e. The maximum absolute atomic E-state index is 12.0. The molecule has 0 aliphatic heterocycles. The van der Waals surface area contributed by atoms with Gasteiger partial charge in [0.2, 0.25) is 0 Å². The molecule has 1 aromatic heterocycles. The molecule has 0 bridgehead atoms. The van der Waals surface area contributed by atoms with Gasteiger partial charge in [-0.2, -0.15) is 0 Å². The summed E-state index contributed by atoms with van der Waals surface area (Å²) in [5.41, 5.74) is 1.29. The molecule has 2 N–H and O–H groups in total.